The van der Waals surface area contributed by atoms with Crippen LogP contribution in [0.3, 0.4) is 0 Å². The maximum absolute atomic E-state index is 11.3. The summed E-state index contributed by atoms with van der Waals surface area (Å²) in [6.45, 7) is 1.90. The molecule has 102 valence electrons. The summed E-state index contributed by atoms with van der Waals surface area (Å²) in [6.07, 6.45) is 0. The van der Waals surface area contributed by atoms with E-state index in [0.29, 0.717) is 24.7 Å². The van der Waals surface area contributed by atoms with Gasteiger partial charge >= 0.3 is 12.0 Å². The van der Waals surface area contributed by atoms with Gasteiger partial charge in [-0.3, -0.25) is 0 Å². The third kappa shape index (κ3) is 3.29. The van der Waals surface area contributed by atoms with Crippen molar-refractivity contribution in [3.05, 3.63) is 28.8 Å². The number of nitrogens with zero attached hydrogens (tertiary/aromatic N) is 1. The average molecular weight is 285 g/mol. The molecule has 6 nitrogen and oxygen atoms in total. The zero-order valence-corrected chi connectivity index (χ0v) is 10.8. The van der Waals surface area contributed by atoms with E-state index in [1.165, 1.54) is 12.1 Å². The minimum absolute atomic E-state index is 0.0124. The number of amides is 2. The lowest BCUT2D eigenvalue weighted by Gasteiger charge is -2.15. The van der Waals surface area contributed by atoms with Crippen LogP contribution >= 0.6 is 11.6 Å². The number of carbonyl (C=O) groups excluding carboxylic acids is 1. The predicted molar refractivity (Wildman–Crippen MR) is 68.9 cm³/mol. The molecule has 0 radical (unpaired) electrons. The number of urea groups is 1. The van der Waals surface area contributed by atoms with Crippen LogP contribution in [0.2, 0.25) is 5.02 Å². The van der Waals surface area contributed by atoms with Crippen molar-refractivity contribution in [2.45, 2.75) is 0 Å². The topological polar surface area (TPSA) is 78.9 Å². The second-order valence-corrected chi connectivity index (χ2v) is 4.45. The van der Waals surface area contributed by atoms with E-state index in [9.17, 15) is 9.59 Å². The fourth-order valence-electron chi connectivity index (χ4n) is 1.79. The summed E-state index contributed by atoms with van der Waals surface area (Å²) >= 11 is 5.74. The fraction of sp³-hybridized carbons (Fsp3) is 0.333. The van der Waals surface area contributed by atoms with Gasteiger partial charge in [0.1, 0.15) is 17.9 Å². The van der Waals surface area contributed by atoms with Gasteiger partial charge in [-0.05, 0) is 18.2 Å². The Hall–Kier alpha value is -1.95. The van der Waals surface area contributed by atoms with E-state index in [2.05, 4.69) is 5.32 Å². The Morgan fingerprint density at radius 1 is 1.53 bits per heavy atom. The van der Waals surface area contributed by atoms with Crippen LogP contribution in [-0.2, 0) is 0 Å². The number of carboxylic acids is 1. The van der Waals surface area contributed by atoms with Gasteiger partial charge in [-0.15, -0.1) is 0 Å². The molecule has 1 aromatic carbocycles. The first-order valence-electron chi connectivity index (χ1n) is 5.76. The highest BCUT2D eigenvalue weighted by Crippen LogP contribution is 2.22. The van der Waals surface area contributed by atoms with Crippen LogP contribution in [0.25, 0.3) is 0 Å². The molecular formula is C12H13ClN2O4. The third-order valence-corrected chi connectivity index (χ3v) is 2.97. The van der Waals surface area contributed by atoms with E-state index in [0.717, 1.165) is 0 Å². The van der Waals surface area contributed by atoms with Crippen LogP contribution in [-0.4, -0.2) is 48.2 Å². The molecule has 0 unspecified atom stereocenters. The molecule has 1 saturated heterocycles. The van der Waals surface area contributed by atoms with Crippen molar-refractivity contribution in [3.63, 3.8) is 0 Å². The van der Waals surface area contributed by atoms with E-state index in [-0.39, 0.29) is 24.0 Å². The molecule has 1 aliphatic rings. The lowest BCUT2D eigenvalue weighted by atomic mass is 10.2. The summed E-state index contributed by atoms with van der Waals surface area (Å²) < 4.78 is 5.40. The predicted octanol–water partition coefficient (Wildman–Crippen LogP) is 1.44. The van der Waals surface area contributed by atoms with Crippen LogP contribution in [0.15, 0.2) is 18.2 Å². The summed E-state index contributed by atoms with van der Waals surface area (Å²) in [7, 11) is 0. The summed E-state index contributed by atoms with van der Waals surface area (Å²) in [5.74, 6) is -0.854. The number of rotatable bonds is 5. The number of carbonyl (C=O) groups is 2. The zero-order chi connectivity index (χ0) is 13.8. The molecule has 2 rings (SSSR count). The van der Waals surface area contributed by atoms with Crippen LogP contribution in [0.4, 0.5) is 4.79 Å². The SMILES string of the molecule is O=C(O)c1cc(Cl)ccc1OCCN1CCNC1=O. The molecule has 0 atom stereocenters. The van der Waals surface area contributed by atoms with E-state index >= 15 is 0 Å². The monoisotopic (exact) mass is 284 g/mol. The average Bonchev–Trinajstić information content (AvgIpc) is 2.77. The van der Waals surface area contributed by atoms with E-state index in [4.69, 9.17) is 21.4 Å². The third-order valence-electron chi connectivity index (χ3n) is 2.74. The number of benzene rings is 1. The van der Waals surface area contributed by atoms with Crippen molar-refractivity contribution in [1.29, 1.82) is 0 Å². The number of carboxylic acid groups (broad SMARTS) is 1. The highest BCUT2D eigenvalue weighted by Gasteiger charge is 2.19. The molecule has 0 aliphatic carbocycles. The molecule has 0 spiro atoms. The van der Waals surface area contributed by atoms with Gasteiger partial charge in [0.2, 0.25) is 0 Å². The summed E-state index contributed by atoms with van der Waals surface area (Å²) in [5.41, 5.74) is 0.0124. The summed E-state index contributed by atoms with van der Waals surface area (Å²) in [6, 6.07) is 4.28. The first-order valence-corrected chi connectivity index (χ1v) is 6.14. The molecule has 0 bridgehead atoms. The Bertz CT molecular complexity index is 507. The first-order chi connectivity index (χ1) is 9.08. The standard InChI is InChI=1S/C12H13ClN2O4/c13-8-1-2-10(9(7-8)11(16)17)19-6-5-15-4-3-14-12(15)18/h1-2,7H,3-6H2,(H,14,18)(H,16,17). The van der Waals surface area contributed by atoms with Gasteiger partial charge in [-0.25, -0.2) is 9.59 Å². The molecular weight excluding hydrogens is 272 g/mol. The Balaban J connectivity index is 1.95. The van der Waals surface area contributed by atoms with Crippen molar-refractivity contribution < 1.29 is 19.4 Å². The number of nitrogens with one attached hydrogen (secondary N) is 1. The van der Waals surface area contributed by atoms with Crippen molar-refractivity contribution in [2.24, 2.45) is 0 Å². The van der Waals surface area contributed by atoms with Crippen LogP contribution in [0.5, 0.6) is 5.75 Å². The maximum atomic E-state index is 11.3. The Morgan fingerprint density at radius 3 is 2.95 bits per heavy atom. The number of ether oxygens (including phenoxy) is 1. The van der Waals surface area contributed by atoms with Gasteiger partial charge in [0.15, 0.2) is 0 Å². The van der Waals surface area contributed by atoms with Crippen molar-refractivity contribution in [3.8, 4) is 5.75 Å². The molecule has 7 heteroatoms. The Labute approximate surface area is 114 Å². The van der Waals surface area contributed by atoms with Gasteiger partial charge in [0.05, 0.1) is 6.54 Å². The molecule has 1 aliphatic heterocycles. The minimum Gasteiger partial charge on any atom is -0.491 e. The Morgan fingerprint density at radius 2 is 2.32 bits per heavy atom. The van der Waals surface area contributed by atoms with Gasteiger partial charge < -0.3 is 20.1 Å². The van der Waals surface area contributed by atoms with E-state index < -0.39 is 5.97 Å². The highest BCUT2D eigenvalue weighted by atomic mass is 35.5. The van der Waals surface area contributed by atoms with E-state index in [1.807, 2.05) is 0 Å². The molecule has 1 heterocycles. The molecule has 2 N–H and O–H groups in total. The minimum atomic E-state index is -1.10. The molecule has 1 fully saturated rings. The smallest absolute Gasteiger partial charge is 0.339 e. The lowest BCUT2D eigenvalue weighted by molar-refractivity contribution is 0.0691. The van der Waals surface area contributed by atoms with Crippen molar-refractivity contribution in [2.75, 3.05) is 26.2 Å². The second kappa shape index (κ2) is 5.79. The quantitative estimate of drug-likeness (QED) is 0.857. The zero-order valence-electron chi connectivity index (χ0n) is 10.1. The highest BCUT2D eigenvalue weighted by molar-refractivity contribution is 6.31. The van der Waals surface area contributed by atoms with Gasteiger partial charge in [-0.1, -0.05) is 11.6 Å². The molecule has 2 amide bonds. The number of hydrogen-bond acceptors (Lipinski definition) is 3. The summed E-state index contributed by atoms with van der Waals surface area (Å²) in [4.78, 5) is 23.9. The molecule has 19 heavy (non-hydrogen) atoms. The number of aromatic carboxylic acids is 1. The largest absolute Gasteiger partial charge is 0.491 e. The van der Waals surface area contributed by atoms with Crippen LogP contribution in [0.1, 0.15) is 10.4 Å². The number of hydrogen-bond donors (Lipinski definition) is 2. The maximum Gasteiger partial charge on any atom is 0.339 e. The van der Waals surface area contributed by atoms with Gasteiger partial charge in [-0.2, -0.15) is 0 Å². The van der Waals surface area contributed by atoms with Crippen LogP contribution < -0.4 is 10.1 Å². The Kier molecular flexibility index (Phi) is 4.11. The molecule has 0 aromatic heterocycles. The normalized spacial score (nSPS) is 14.4. The lowest BCUT2D eigenvalue weighted by Crippen LogP contribution is -2.32. The van der Waals surface area contributed by atoms with Gasteiger partial charge in [0.25, 0.3) is 0 Å². The molecule has 1 aromatic rings. The molecule has 0 saturated carbocycles. The van der Waals surface area contributed by atoms with Crippen molar-refractivity contribution >= 4 is 23.6 Å². The van der Waals surface area contributed by atoms with Crippen molar-refractivity contribution in [1.82, 2.24) is 10.2 Å². The van der Waals surface area contributed by atoms with E-state index in [1.54, 1.807) is 11.0 Å². The van der Waals surface area contributed by atoms with Crippen LogP contribution in [0, 0.1) is 0 Å². The van der Waals surface area contributed by atoms with Gasteiger partial charge in [0, 0.05) is 18.1 Å². The number of halogens is 1. The summed E-state index contributed by atoms with van der Waals surface area (Å²) in [5, 5.41) is 12.0. The fourth-order valence-corrected chi connectivity index (χ4v) is 1.96. The first kappa shape index (κ1) is 13.5. The second-order valence-electron chi connectivity index (χ2n) is 4.01.